The Labute approximate surface area is 214 Å². The number of anilines is 1. The highest BCUT2D eigenvalue weighted by Crippen LogP contribution is 2.40. The molecule has 1 unspecified atom stereocenters. The molecule has 2 heterocycles. The minimum Gasteiger partial charge on any atom is -0.486 e. The summed E-state index contributed by atoms with van der Waals surface area (Å²) in [5, 5.41) is 21.7. The average molecular weight is 536 g/mol. The third-order valence-electron chi connectivity index (χ3n) is 6.10. The summed E-state index contributed by atoms with van der Waals surface area (Å²) >= 11 is 2.66. The number of nitrogens with one attached hydrogen (secondary N) is 1. The summed E-state index contributed by atoms with van der Waals surface area (Å²) in [5.74, 6) is 0.888. The van der Waals surface area contributed by atoms with Crippen molar-refractivity contribution in [1.82, 2.24) is 14.8 Å². The van der Waals surface area contributed by atoms with E-state index >= 15 is 0 Å². The fourth-order valence-electron chi connectivity index (χ4n) is 4.01. The molecule has 12 heteroatoms. The van der Waals surface area contributed by atoms with Gasteiger partial charge in [0.25, 0.3) is 0 Å². The smallest absolute Gasteiger partial charge is 0.416 e. The predicted octanol–water partition coefficient (Wildman–Crippen LogP) is 5.59. The second kappa shape index (κ2) is 10.9. The number of ether oxygens (including phenoxy) is 1. The quantitative estimate of drug-likeness (QED) is 0.378. The molecule has 0 spiro atoms. The summed E-state index contributed by atoms with van der Waals surface area (Å²) in [6.07, 6.45) is -0.489. The molecule has 1 N–H and O–H groups in total. The van der Waals surface area contributed by atoms with Crippen molar-refractivity contribution in [1.29, 1.82) is 5.26 Å². The van der Waals surface area contributed by atoms with E-state index in [9.17, 15) is 23.2 Å². The number of alkyl halides is 3. The van der Waals surface area contributed by atoms with Gasteiger partial charge >= 0.3 is 6.18 Å². The zero-order valence-electron chi connectivity index (χ0n) is 19.7. The highest BCUT2D eigenvalue weighted by Gasteiger charge is 2.30. The minimum absolute atomic E-state index is 0.0610. The standard InChI is InChI=1S/C24H24F3N5O2S2/c1-3-14-7-8-17-18(11-28)22(36-19(17)9-14)29-21(33)13-35-23-31-30-20(32(23)2)12-34-16-6-4-5-15(10-16)24(25,26)27/h4-6,10,14H,3,7-9,12-13H2,1-2H3,(H,29,33). The first-order valence-corrected chi connectivity index (χ1v) is 13.1. The van der Waals surface area contributed by atoms with Crippen molar-refractivity contribution in [3.63, 3.8) is 0 Å². The van der Waals surface area contributed by atoms with Crippen LogP contribution < -0.4 is 10.1 Å². The first kappa shape index (κ1) is 26.0. The third kappa shape index (κ3) is 5.84. The molecule has 1 aliphatic carbocycles. The normalized spacial score (nSPS) is 15.3. The molecule has 1 aliphatic rings. The van der Waals surface area contributed by atoms with Crippen LogP contribution >= 0.6 is 23.1 Å². The molecule has 1 amide bonds. The van der Waals surface area contributed by atoms with Crippen LogP contribution in [0.3, 0.4) is 0 Å². The van der Waals surface area contributed by atoms with E-state index in [4.69, 9.17) is 4.74 Å². The number of fused-ring (bicyclic) bond motifs is 1. The van der Waals surface area contributed by atoms with Gasteiger partial charge in [-0.1, -0.05) is 31.2 Å². The fraction of sp³-hybridized carbons (Fsp3) is 0.417. The van der Waals surface area contributed by atoms with Gasteiger partial charge in [-0.25, -0.2) is 0 Å². The van der Waals surface area contributed by atoms with Gasteiger partial charge in [-0.2, -0.15) is 18.4 Å². The van der Waals surface area contributed by atoms with Crippen LogP contribution in [0, 0.1) is 17.2 Å². The number of rotatable bonds is 8. The van der Waals surface area contributed by atoms with Crippen molar-refractivity contribution in [2.45, 2.75) is 50.5 Å². The van der Waals surface area contributed by atoms with Gasteiger partial charge in [0.2, 0.25) is 5.91 Å². The highest BCUT2D eigenvalue weighted by molar-refractivity contribution is 7.99. The summed E-state index contributed by atoms with van der Waals surface area (Å²) in [7, 11) is 1.69. The van der Waals surface area contributed by atoms with E-state index in [1.807, 2.05) is 0 Å². The van der Waals surface area contributed by atoms with Crippen LogP contribution in [0.1, 0.15) is 47.2 Å². The molecule has 0 bridgehead atoms. The molecule has 3 aromatic rings. The lowest BCUT2D eigenvalue weighted by atomic mass is 9.86. The maximum Gasteiger partial charge on any atom is 0.416 e. The first-order chi connectivity index (χ1) is 17.2. The van der Waals surface area contributed by atoms with Gasteiger partial charge in [0.1, 0.15) is 23.4 Å². The molecule has 0 saturated heterocycles. The van der Waals surface area contributed by atoms with Gasteiger partial charge in [-0.05, 0) is 48.9 Å². The number of carbonyl (C=O) groups is 1. The van der Waals surface area contributed by atoms with Crippen molar-refractivity contribution in [3.05, 3.63) is 51.7 Å². The molecule has 0 fully saturated rings. The van der Waals surface area contributed by atoms with Gasteiger partial charge in [0.05, 0.1) is 16.9 Å². The van der Waals surface area contributed by atoms with Crippen LogP contribution in [0.25, 0.3) is 0 Å². The molecule has 2 aromatic heterocycles. The van der Waals surface area contributed by atoms with Crippen molar-refractivity contribution in [3.8, 4) is 11.8 Å². The zero-order chi connectivity index (χ0) is 25.9. The molecule has 190 valence electrons. The number of aromatic nitrogens is 3. The molecular weight excluding hydrogens is 511 g/mol. The van der Waals surface area contributed by atoms with E-state index in [2.05, 4.69) is 28.5 Å². The summed E-state index contributed by atoms with van der Waals surface area (Å²) in [6, 6.07) is 6.87. The van der Waals surface area contributed by atoms with Crippen LogP contribution in [0.15, 0.2) is 29.4 Å². The van der Waals surface area contributed by atoms with E-state index in [1.165, 1.54) is 40.1 Å². The number of hydrogen-bond donors (Lipinski definition) is 1. The zero-order valence-corrected chi connectivity index (χ0v) is 21.3. The van der Waals surface area contributed by atoms with Crippen LogP contribution in [-0.2, 0) is 37.5 Å². The number of thioether (sulfide) groups is 1. The molecule has 7 nitrogen and oxygen atoms in total. The van der Waals surface area contributed by atoms with E-state index in [0.717, 1.165) is 43.4 Å². The number of hydrogen-bond acceptors (Lipinski definition) is 7. The number of carbonyl (C=O) groups excluding carboxylic acids is 1. The summed E-state index contributed by atoms with van der Waals surface area (Å²) in [6.45, 7) is 2.09. The Kier molecular flexibility index (Phi) is 7.90. The first-order valence-electron chi connectivity index (χ1n) is 11.3. The largest absolute Gasteiger partial charge is 0.486 e. The number of amides is 1. The van der Waals surface area contributed by atoms with Crippen molar-refractivity contribution in [2.24, 2.45) is 13.0 Å². The monoisotopic (exact) mass is 535 g/mol. The Balaban J connectivity index is 1.34. The lowest BCUT2D eigenvalue weighted by molar-refractivity contribution is -0.137. The van der Waals surface area contributed by atoms with Crippen molar-refractivity contribution < 1.29 is 22.7 Å². The molecule has 4 rings (SSSR count). The third-order valence-corrected chi connectivity index (χ3v) is 8.29. The SMILES string of the molecule is CCC1CCc2c(sc(NC(=O)CSc3nnc(COc4cccc(C(F)(F)F)c4)n3C)c2C#N)C1. The maximum atomic E-state index is 12.9. The Morgan fingerprint density at radius 1 is 1.39 bits per heavy atom. The molecule has 0 radical (unpaired) electrons. The Morgan fingerprint density at radius 3 is 2.92 bits per heavy atom. The van der Waals surface area contributed by atoms with Gasteiger partial charge in [-0.3, -0.25) is 4.79 Å². The Morgan fingerprint density at radius 2 is 2.19 bits per heavy atom. The van der Waals surface area contributed by atoms with E-state index < -0.39 is 11.7 Å². The summed E-state index contributed by atoms with van der Waals surface area (Å²) < 4.78 is 45.8. The van der Waals surface area contributed by atoms with Crippen LogP contribution in [0.5, 0.6) is 5.75 Å². The molecular formula is C24H24F3N5O2S2. The number of nitriles is 1. The van der Waals surface area contributed by atoms with Crippen molar-refractivity contribution in [2.75, 3.05) is 11.1 Å². The molecule has 1 atom stereocenters. The van der Waals surface area contributed by atoms with Gasteiger partial charge in [0, 0.05) is 11.9 Å². The molecule has 0 aliphatic heterocycles. The fourth-order valence-corrected chi connectivity index (χ4v) is 6.07. The maximum absolute atomic E-state index is 12.9. The van der Waals surface area contributed by atoms with Crippen LogP contribution in [-0.4, -0.2) is 26.4 Å². The number of thiophene rings is 1. The van der Waals surface area contributed by atoms with Gasteiger partial charge < -0.3 is 14.6 Å². The highest BCUT2D eigenvalue weighted by atomic mass is 32.2. The topological polar surface area (TPSA) is 92.8 Å². The minimum atomic E-state index is -4.46. The van der Waals surface area contributed by atoms with Crippen LogP contribution in [0.4, 0.5) is 18.2 Å². The van der Waals surface area contributed by atoms with Gasteiger partial charge in [-0.15, -0.1) is 21.5 Å². The van der Waals surface area contributed by atoms with E-state index in [1.54, 1.807) is 11.6 Å². The van der Waals surface area contributed by atoms with E-state index in [-0.39, 0.29) is 24.0 Å². The number of nitrogens with zero attached hydrogens (tertiary/aromatic N) is 4. The number of halogens is 3. The molecule has 1 aromatic carbocycles. The predicted molar refractivity (Wildman–Crippen MR) is 131 cm³/mol. The Bertz CT molecular complexity index is 1300. The molecule has 0 saturated carbocycles. The van der Waals surface area contributed by atoms with E-state index in [0.29, 0.717) is 27.5 Å². The lowest BCUT2D eigenvalue weighted by Gasteiger charge is -2.20. The summed E-state index contributed by atoms with van der Waals surface area (Å²) in [4.78, 5) is 13.8. The van der Waals surface area contributed by atoms with Gasteiger partial charge in [0.15, 0.2) is 11.0 Å². The average Bonchev–Trinajstić information content (AvgIpc) is 3.39. The van der Waals surface area contributed by atoms with Crippen LogP contribution in [0.2, 0.25) is 0 Å². The number of benzene rings is 1. The Hall–Kier alpha value is -3.04. The lowest BCUT2D eigenvalue weighted by Crippen LogP contribution is -2.15. The van der Waals surface area contributed by atoms with Crippen molar-refractivity contribution >= 4 is 34.0 Å². The molecule has 36 heavy (non-hydrogen) atoms. The summed E-state index contributed by atoms with van der Waals surface area (Å²) in [5.41, 5.74) is 0.834. The second-order valence-corrected chi connectivity index (χ2v) is 10.5. The second-order valence-electron chi connectivity index (χ2n) is 8.45.